The van der Waals surface area contributed by atoms with E-state index in [2.05, 4.69) is 23.7 Å². The number of fused-ring (bicyclic) bond motifs is 1. The molecule has 0 heterocycles. The number of aliphatic hydroxyl groups is 1. The number of ether oxygens (including phenoxy) is 2. The molecule has 0 saturated heterocycles. The van der Waals surface area contributed by atoms with Crippen molar-refractivity contribution in [1.82, 2.24) is 0 Å². The Morgan fingerprint density at radius 2 is 2.07 bits per heavy atom. The number of carbonyl (C=O) groups is 2. The van der Waals surface area contributed by atoms with Crippen LogP contribution in [0.4, 0.5) is 0 Å². The molecule has 6 heteroatoms. The van der Waals surface area contributed by atoms with Crippen molar-refractivity contribution in [2.45, 2.75) is 65.1 Å². The molecule has 6 atom stereocenters. The van der Waals surface area contributed by atoms with Crippen molar-refractivity contribution in [3.05, 3.63) is 11.6 Å². The molecule has 0 radical (unpaired) electrons. The first-order valence-electron chi connectivity index (χ1n) is 10.6. The summed E-state index contributed by atoms with van der Waals surface area (Å²) in [5, 5.41) is 19.0. The summed E-state index contributed by atoms with van der Waals surface area (Å²) in [5.41, 5.74) is 1.23. The van der Waals surface area contributed by atoms with Gasteiger partial charge in [0, 0.05) is 25.7 Å². The lowest BCUT2D eigenvalue weighted by Gasteiger charge is -2.19. The van der Waals surface area contributed by atoms with Crippen LogP contribution in [0.25, 0.3) is 0 Å². The highest BCUT2D eigenvalue weighted by Crippen LogP contribution is 2.50. The molecular formula is C24H32O6. The second-order valence-electron chi connectivity index (χ2n) is 8.13. The van der Waals surface area contributed by atoms with E-state index in [0.717, 1.165) is 25.7 Å². The number of aliphatic carboxylic acids is 1. The number of aliphatic hydroxyl groups excluding tert-OH is 1. The first-order valence-corrected chi connectivity index (χ1v) is 10.6. The van der Waals surface area contributed by atoms with Crippen LogP contribution in [0.15, 0.2) is 11.6 Å². The van der Waals surface area contributed by atoms with Crippen molar-refractivity contribution in [1.29, 1.82) is 0 Å². The molecule has 0 bridgehead atoms. The van der Waals surface area contributed by atoms with Gasteiger partial charge in [-0.05, 0) is 31.1 Å². The molecule has 6 nitrogen and oxygen atoms in total. The van der Waals surface area contributed by atoms with Crippen molar-refractivity contribution >= 4 is 11.9 Å². The zero-order chi connectivity index (χ0) is 22.1. The number of hydrogen-bond donors (Lipinski definition) is 2. The number of carboxylic acids is 1. The Morgan fingerprint density at radius 1 is 1.30 bits per heavy atom. The molecule has 0 amide bonds. The Hall–Kier alpha value is -2.28. The standard InChI is InChI=1S/C24H32O6/c1-4-5-6-7-16(2)22(26)9-8-20-21-13-18(10-11-29-15-24(27)28)12-19(21)14-23(20)30-17(3)25/h10,16,19-23,26H,4,7,11-15H2,1-3H3,(H,27,28)/t16-,19-,20+,21-,22+,23+/m0/s1. The zero-order valence-corrected chi connectivity index (χ0v) is 18.0. The van der Waals surface area contributed by atoms with Gasteiger partial charge in [-0.2, -0.15) is 0 Å². The van der Waals surface area contributed by atoms with E-state index in [0.29, 0.717) is 12.3 Å². The fraction of sp³-hybridized carbons (Fsp3) is 0.667. The molecule has 2 aliphatic carbocycles. The van der Waals surface area contributed by atoms with Crippen LogP contribution in [0, 0.1) is 47.4 Å². The average molecular weight is 417 g/mol. The summed E-state index contributed by atoms with van der Waals surface area (Å²) in [6.45, 7) is 5.30. The average Bonchev–Trinajstić information content (AvgIpc) is 3.20. The zero-order valence-electron chi connectivity index (χ0n) is 18.0. The smallest absolute Gasteiger partial charge is 0.329 e. The van der Waals surface area contributed by atoms with Crippen molar-refractivity contribution < 1.29 is 29.3 Å². The molecule has 2 fully saturated rings. The fourth-order valence-electron chi connectivity index (χ4n) is 4.26. The third kappa shape index (κ3) is 7.20. The van der Waals surface area contributed by atoms with Crippen LogP contribution in [-0.4, -0.2) is 47.6 Å². The predicted octanol–water partition coefficient (Wildman–Crippen LogP) is 2.80. The van der Waals surface area contributed by atoms with Gasteiger partial charge < -0.3 is 19.7 Å². The number of rotatable bonds is 7. The van der Waals surface area contributed by atoms with Crippen LogP contribution in [0.2, 0.25) is 0 Å². The Balaban J connectivity index is 2.04. The van der Waals surface area contributed by atoms with Crippen molar-refractivity contribution in [2.24, 2.45) is 23.7 Å². The van der Waals surface area contributed by atoms with E-state index in [1.165, 1.54) is 12.5 Å². The van der Waals surface area contributed by atoms with Crippen LogP contribution >= 0.6 is 0 Å². The third-order valence-corrected chi connectivity index (χ3v) is 5.72. The van der Waals surface area contributed by atoms with Crippen LogP contribution in [-0.2, 0) is 19.1 Å². The van der Waals surface area contributed by atoms with E-state index < -0.39 is 12.1 Å². The van der Waals surface area contributed by atoms with Gasteiger partial charge in [-0.1, -0.05) is 37.3 Å². The first-order chi connectivity index (χ1) is 14.3. The summed E-state index contributed by atoms with van der Waals surface area (Å²) in [4.78, 5) is 22.1. The summed E-state index contributed by atoms with van der Waals surface area (Å²) in [5.74, 6) is 11.4. The van der Waals surface area contributed by atoms with E-state index in [-0.39, 0.29) is 43.0 Å². The number of hydrogen-bond acceptors (Lipinski definition) is 5. The summed E-state index contributed by atoms with van der Waals surface area (Å²) in [7, 11) is 0. The van der Waals surface area contributed by atoms with Gasteiger partial charge >= 0.3 is 11.9 Å². The summed E-state index contributed by atoms with van der Waals surface area (Å²) in [6.07, 6.45) is 4.78. The number of allylic oxidation sites excluding steroid dienone is 1. The third-order valence-electron chi connectivity index (χ3n) is 5.72. The van der Waals surface area contributed by atoms with Gasteiger partial charge in [0.1, 0.15) is 18.8 Å². The van der Waals surface area contributed by atoms with E-state index in [1.807, 2.05) is 19.9 Å². The Morgan fingerprint density at radius 3 is 2.73 bits per heavy atom. The molecule has 0 spiro atoms. The van der Waals surface area contributed by atoms with Crippen molar-refractivity contribution in [2.75, 3.05) is 13.2 Å². The minimum Gasteiger partial charge on any atom is -0.480 e. The van der Waals surface area contributed by atoms with Crippen LogP contribution in [0.3, 0.4) is 0 Å². The predicted molar refractivity (Wildman–Crippen MR) is 112 cm³/mol. The lowest BCUT2D eigenvalue weighted by molar-refractivity contribution is -0.147. The van der Waals surface area contributed by atoms with E-state index in [1.54, 1.807) is 0 Å². The van der Waals surface area contributed by atoms with E-state index >= 15 is 0 Å². The monoisotopic (exact) mass is 416 g/mol. The summed E-state index contributed by atoms with van der Waals surface area (Å²) >= 11 is 0. The Bertz CT molecular complexity index is 762. The fourth-order valence-corrected chi connectivity index (χ4v) is 4.26. The lowest BCUT2D eigenvalue weighted by Crippen LogP contribution is -2.24. The van der Waals surface area contributed by atoms with Crippen LogP contribution in [0.1, 0.15) is 52.9 Å². The molecule has 0 aromatic heterocycles. The van der Waals surface area contributed by atoms with Gasteiger partial charge in [-0.25, -0.2) is 4.79 Å². The maximum atomic E-state index is 11.5. The first kappa shape index (κ1) is 24.0. The largest absolute Gasteiger partial charge is 0.480 e. The van der Waals surface area contributed by atoms with Gasteiger partial charge in [-0.15, -0.1) is 11.8 Å². The molecule has 0 unspecified atom stereocenters. The van der Waals surface area contributed by atoms with Gasteiger partial charge in [-0.3, -0.25) is 4.79 Å². The van der Waals surface area contributed by atoms with Crippen molar-refractivity contribution in [3.8, 4) is 23.7 Å². The number of carboxylic acid groups (broad SMARTS) is 1. The van der Waals surface area contributed by atoms with Gasteiger partial charge in [0.15, 0.2) is 0 Å². The number of carbonyl (C=O) groups excluding carboxylic acids is 1. The van der Waals surface area contributed by atoms with Gasteiger partial charge in [0.2, 0.25) is 0 Å². The molecule has 2 saturated carbocycles. The van der Waals surface area contributed by atoms with E-state index in [9.17, 15) is 14.7 Å². The van der Waals surface area contributed by atoms with Gasteiger partial charge in [0.05, 0.1) is 12.5 Å². The second-order valence-corrected chi connectivity index (χ2v) is 8.13. The molecule has 0 aromatic carbocycles. The van der Waals surface area contributed by atoms with E-state index in [4.69, 9.17) is 14.6 Å². The van der Waals surface area contributed by atoms with Crippen LogP contribution in [0.5, 0.6) is 0 Å². The Kier molecular flexibility index (Phi) is 9.43. The molecule has 2 aliphatic rings. The minimum absolute atomic E-state index is 0.0497. The normalized spacial score (nSPS) is 27.9. The second kappa shape index (κ2) is 11.8. The SMILES string of the molecule is CCC#CC[C@H](C)[C@H](O)C#C[C@@H]1[C@H]2CC(=CCOCC(=O)O)C[C@H]2C[C@H]1OC(C)=O. The molecule has 0 aromatic rings. The molecule has 30 heavy (non-hydrogen) atoms. The molecular weight excluding hydrogens is 384 g/mol. The highest BCUT2D eigenvalue weighted by atomic mass is 16.5. The molecule has 2 rings (SSSR count). The topological polar surface area (TPSA) is 93.1 Å². The molecule has 0 aliphatic heterocycles. The Labute approximate surface area is 179 Å². The van der Waals surface area contributed by atoms with Crippen molar-refractivity contribution in [3.63, 3.8) is 0 Å². The number of esters is 1. The maximum Gasteiger partial charge on any atom is 0.329 e. The molecule has 164 valence electrons. The summed E-state index contributed by atoms with van der Waals surface area (Å²) in [6, 6.07) is 0. The lowest BCUT2D eigenvalue weighted by atomic mass is 9.90. The van der Waals surface area contributed by atoms with Crippen LogP contribution < -0.4 is 0 Å². The highest BCUT2D eigenvalue weighted by molar-refractivity contribution is 5.68. The quantitative estimate of drug-likeness (QED) is 0.287. The molecule has 2 N–H and O–H groups in total. The summed E-state index contributed by atoms with van der Waals surface area (Å²) < 4.78 is 10.6. The van der Waals surface area contributed by atoms with Gasteiger partial charge in [0.25, 0.3) is 0 Å². The highest BCUT2D eigenvalue weighted by Gasteiger charge is 2.47. The minimum atomic E-state index is -0.982. The maximum absolute atomic E-state index is 11.5.